The quantitative estimate of drug-likeness (QED) is 0.180. The zero-order chi connectivity index (χ0) is 32.4. The molecule has 0 amide bonds. The minimum atomic E-state index is -0.0459. The van der Waals surface area contributed by atoms with E-state index in [-0.39, 0.29) is 5.41 Å². The number of nitrogens with zero attached hydrogens (tertiary/aromatic N) is 2. The van der Waals surface area contributed by atoms with Crippen LogP contribution in [0.1, 0.15) is 69.1 Å². The van der Waals surface area contributed by atoms with Gasteiger partial charge in [0.1, 0.15) is 0 Å². The number of rotatable bonds is 4. The summed E-state index contributed by atoms with van der Waals surface area (Å²) in [5.41, 5.74) is 14.9. The Morgan fingerprint density at radius 3 is 1.58 bits per heavy atom. The summed E-state index contributed by atoms with van der Waals surface area (Å²) in [5, 5.41) is 5.42. The lowest BCUT2D eigenvalue weighted by Gasteiger charge is -2.30. The molecule has 0 aromatic heterocycles. The van der Waals surface area contributed by atoms with E-state index in [1.54, 1.807) is 0 Å². The molecular formula is C46H46N2. The van der Waals surface area contributed by atoms with Gasteiger partial charge in [-0.3, -0.25) is 0 Å². The zero-order valence-electron chi connectivity index (χ0n) is 28.8. The molecule has 0 spiro atoms. The first-order valence-electron chi connectivity index (χ1n) is 18.3. The summed E-state index contributed by atoms with van der Waals surface area (Å²) in [5.74, 6) is 0. The van der Waals surface area contributed by atoms with E-state index in [1.165, 1.54) is 122 Å². The number of fused-ring (bicyclic) bond motifs is 5. The highest BCUT2D eigenvalue weighted by atomic mass is 15.1. The Morgan fingerprint density at radius 2 is 0.979 bits per heavy atom. The molecule has 0 atom stereocenters. The first-order valence-corrected chi connectivity index (χ1v) is 18.3. The van der Waals surface area contributed by atoms with Crippen LogP contribution in [0.15, 0.2) is 103 Å². The lowest BCUT2D eigenvalue weighted by molar-refractivity contribution is 0.578. The average molecular weight is 627 g/mol. The van der Waals surface area contributed by atoms with Gasteiger partial charge in [-0.05, 0) is 142 Å². The molecule has 0 bridgehead atoms. The molecule has 6 aromatic rings. The highest BCUT2D eigenvalue weighted by Crippen LogP contribution is 2.52. The SMILES string of the molecule is Cc1ccc(-c2c3ccc(N4CCCCC4)cc3c(-c3ccc4c(c3)C(C)(C)c3ccccc3-4)c3ccc(N4CCCCC4)cc23)cc1. The highest BCUT2D eigenvalue weighted by molar-refractivity contribution is 6.22. The zero-order valence-corrected chi connectivity index (χ0v) is 28.8. The van der Waals surface area contributed by atoms with Crippen molar-refractivity contribution in [1.29, 1.82) is 0 Å². The molecule has 0 radical (unpaired) electrons. The highest BCUT2D eigenvalue weighted by Gasteiger charge is 2.35. The number of benzene rings is 6. The molecule has 2 heterocycles. The van der Waals surface area contributed by atoms with Gasteiger partial charge in [0.15, 0.2) is 0 Å². The molecule has 0 unspecified atom stereocenters. The van der Waals surface area contributed by atoms with E-state index in [9.17, 15) is 0 Å². The molecule has 2 aliphatic heterocycles. The second-order valence-electron chi connectivity index (χ2n) is 15.1. The van der Waals surface area contributed by atoms with Gasteiger partial charge < -0.3 is 9.80 Å². The molecule has 2 saturated heterocycles. The van der Waals surface area contributed by atoms with Crippen LogP contribution in [0.4, 0.5) is 11.4 Å². The minimum absolute atomic E-state index is 0.0459. The average Bonchev–Trinajstić information content (AvgIpc) is 3.37. The maximum atomic E-state index is 2.62. The van der Waals surface area contributed by atoms with Crippen molar-refractivity contribution in [3.8, 4) is 33.4 Å². The van der Waals surface area contributed by atoms with Gasteiger partial charge >= 0.3 is 0 Å². The minimum Gasteiger partial charge on any atom is -0.372 e. The third-order valence-electron chi connectivity index (χ3n) is 11.7. The fourth-order valence-electron chi connectivity index (χ4n) is 9.10. The van der Waals surface area contributed by atoms with E-state index in [0.717, 1.165) is 26.2 Å². The van der Waals surface area contributed by atoms with Crippen LogP contribution in [-0.2, 0) is 5.41 Å². The smallest absolute Gasteiger partial charge is 0.0372 e. The standard InChI is InChI=1S/C46H46N2/c1-31-14-16-32(17-15-31)44-38-22-19-35(48-26-10-5-11-27-48)30-41(38)45(39-23-20-34(29-40(39)44)47-24-8-4-9-25-47)33-18-21-37-36-12-6-7-13-42(36)46(2,3)43(37)28-33/h6-7,12-23,28-30H,4-5,8-11,24-27H2,1-3H3. The fraction of sp³-hybridized carbons (Fsp3) is 0.304. The molecule has 0 saturated carbocycles. The van der Waals surface area contributed by atoms with Gasteiger partial charge in [0.05, 0.1) is 0 Å². The van der Waals surface area contributed by atoms with Gasteiger partial charge in [-0.2, -0.15) is 0 Å². The normalized spacial score (nSPS) is 17.1. The van der Waals surface area contributed by atoms with Gasteiger partial charge in [-0.25, -0.2) is 0 Å². The largest absolute Gasteiger partial charge is 0.372 e. The van der Waals surface area contributed by atoms with Gasteiger partial charge in [0, 0.05) is 43.0 Å². The van der Waals surface area contributed by atoms with Crippen LogP contribution in [0.25, 0.3) is 54.9 Å². The summed E-state index contributed by atoms with van der Waals surface area (Å²) in [6, 6.07) is 40.3. The molecule has 2 heteroatoms. The Labute approximate surface area is 286 Å². The number of aryl methyl sites for hydroxylation is 1. The van der Waals surface area contributed by atoms with Crippen LogP contribution in [0, 0.1) is 6.92 Å². The summed E-state index contributed by atoms with van der Waals surface area (Å²) in [7, 11) is 0. The maximum Gasteiger partial charge on any atom is 0.0372 e. The van der Waals surface area contributed by atoms with Crippen LogP contribution in [0.3, 0.4) is 0 Å². The Kier molecular flexibility index (Phi) is 7.11. The van der Waals surface area contributed by atoms with Crippen molar-refractivity contribution in [2.75, 3.05) is 36.0 Å². The molecule has 2 fully saturated rings. The van der Waals surface area contributed by atoms with Gasteiger partial charge in [0.25, 0.3) is 0 Å². The summed E-state index contributed by atoms with van der Waals surface area (Å²) < 4.78 is 0. The van der Waals surface area contributed by atoms with Crippen LogP contribution >= 0.6 is 0 Å². The van der Waals surface area contributed by atoms with E-state index in [1.807, 2.05) is 0 Å². The Balaban J connectivity index is 1.35. The number of hydrogen-bond acceptors (Lipinski definition) is 2. The lowest BCUT2D eigenvalue weighted by atomic mass is 9.80. The predicted molar refractivity (Wildman–Crippen MR) is 207 cm³/mol. The molecule has 1 aliphatic carbocycles. The van der Waals surface area contributed by atoms with E-state index in [2.05, 4.69) is 134 Å². The molecule has 6 aromatic carbocycles. The molecular weight excluding hydrogens is 581 g/mol. The summed E-state index contributed by atoms with van der Waals surface area (Å²) >= 11 is 0. The molecule has 3 aliphatic rings. The number of hydrogen-bond donors (Lipinski definition) is 0. The van der Waals surface area contributed by atoms with Crippen molar-refractivity contribution < 1.29 is 0 Å². The van der Waals surface area contributed by atoms with Gasteiger partial charge in [0.2, 0.25) is 0 Å². The van der Waals surface area contributed by atoms with Crippen LogP contribution in [-0.4, -0.2) is 26.2 Å². The van der Waals surface area contributed by atoms with Crippen LogP contribution < -0.4 is 9.80 Å². The molecule has 240 valence electrons. The van der Waals surface area contributed by atoms with Crippen LogP contribution in [0.2, 0.25) is 0 Å². The van der Waals surface area contributed by atoms with Crippen molar-refractivity contribution in [3.63, 3.8) is 0 Å². The Morgan fingerprint density at radius 1 is 0.458 bits per heavy atom. The van der Waals surface area contributed by atoms with Crippen molar-refractivity contribution >= 4 is 32.9 Å². The molecule has 2 nitrogen and oxygen atoms in total. The van der Waals surface area contributed by atoms with Crippen molar-refractivity contribution in [3.05, 3.63) is 120 Å². The molecule has 48 heavy (non-hydrogen) atoms. The maximum absolute atomic E-state index is 2.62. The molecule has 0 N–H and O–H groups in total. The van der Waals surface area contributed by atoms with Crippen molar-refractivity contribution in [1.82, 2.24) is 0 Å². The topological polar surface area (TPSA) is 6.48 Å². The van der Waals surface area contributed by atoms with Crippen molar-refractivity contribution in [2.45, 2.75) is 64.7 Å². The summed E-state index contributed by atoms with van der Waals surface area (Å²) in [4.78, 5) is 5.23. The number of piperidine rings is 2. The molecule has 9 rings (SSSR count). The third-order valence-corrected chi connectivity index (χ3v) is 11.7. The monoisotopic (exact) mass is 626 g/mol. The fourth-order valence-corrected chi connectivity index (χ4v) is 9.10. The van der Waals surface area contributed by atoms with Gasteiger partial charge in [-0.15, -0.1) is 0 Å². The summed E-state index contributed by atoms with van der Waals surface area (Å²) in [6.07, 6.45) is 7.78. The van der Waals surface area contributed by atoms with E-state index in [0.29, 0.717) is 0 Å². The van der Waals surface area contributed by atoms with Gasteiger partial charge in [-0.1, -0.05) is 92.2 Å². The first kappa shape index (κ1) is 29.6. The third kappa shape index (κ3) is 4.75. The van der Waals surface area contributed by atoms with E-state index < -0.39 is 0 Å². The van der Waals surface area contributed by atoms with E-state index >= 15 is 0 Å². The number of anilines is 2. The van der Waals surface area contributed by atoms with Crippen molar-refractivity contribution in [2.24, 2.45) is 0 Å². The van der Waals surface area contributed by atoms with E-state index in [4.69, 9.17) is 0 Å². The van der Waals surface area contributed by atoms with Crippen LogP contribution in [0.5, 0.6) is 0 Å². The Hall–Kier alpha value is -4.56. The summed E-state index contributed by atoms with van der Waals surface area (Å²) in [6.45, 7) is 11.6. The predicted octanol–water partition coefficient (Wildman–Crippen LogP) is 11.9. The first-order chi connectivity index (χ1) is 23.5. The Bertz CT molecular complexity index is 2180. The second-order valence-corrected chi connectivity index (χ2v) is 15.1. The lowest BCUT2D eigenvalue weighted by Crippen LogP contribution is -2.29. The second kappa shape index (κ2) is 11.5.